The monoisotopic (exact) mass is 675 g/mol. The lowest BCUT2D eigenvalue weighted by Gasteiger charge is -2.24. The van der Waals surface area contributed by atoms with Crippen molar-refractivity contribution in [2.24, 2.45) is 0 Å². The first kappa shape index (κ1) is 31.2. The number of nitrogens with zero attached hydrogens (tertiary/aromatic N) is 5. The van der Waals surface area contributed by atoms with Gasteiger partial charge < -0.3 is 0 Å². The van der Waals surface area contributed by atoms with Crippen LogP contribution < -0.4 is 5.19 Å². The zero-order valence-electron chi connectivity index (χ0n) is 29.4. The fraction of sp³-hybridized carbons (Fsp3) is 0.133. The maximum Gasteiger partial charge on any atom is 0.0980 e. The summed E-state index contributed by atoms with van der Waals surface area (Å²) < 4.78 is 0. The molecule has 51 heavy (non-hydrogen) atoms. The molecule has 9 rings (SSSR count). The minimum atomic E-state index is -1.44. The highest BCUT2D eigenvalue weighted by molar-refractivity contribution is 6.88. The van der Waals surface area contributed by atoms with Crippen molar-refractivity contribution in [3.63, 3.8) is 0 Å². The van der Waals surface area contributed by atoms with E-state index in [2.05, 4.69) is 116 Å². The molecule has 1 aliphatic carbocycles. The van der Waals surface area contributed by atoms with Gasteiger partial charge >= 0.3 is 0 Å². The van der Waals surface area contributed by atoms with Gasteiger partial charge in [0.05, 0.1) is 41.5 Å². The van der Waals surface area contributed by atoms with Crippen LogP contribution in [0.15, 0.2) is 134 Å². The third-order valence-electron chi connectivity index (χ3n) is 10.4. The molecule has 0 radical (unpaired) electrons. The Hall–Kier alpha value is -5.85. The first-order chi connectivity index (χ1) is 24.6. The normalized spacial score (nSPS) is 13.4. The van der Waals surface area contributed by atoms with Crippen LogP contribution in [0.25, 0.3) is 78.0 Å². The molecule has 0 spiro atoms. The topological polar surface area (TPSA) is 64.5 Å². The molecule has 0 aliphatic heterocycles. The minimum absolute atomic E-state index is 0.0819. The van der Waals surface area contributed by atoms with Crippen LogP contribution in [0.2, 0.25) is 19.6 Å². The molecule has 0 fully saturated rings. The van der Waals surface area contributed by atoms with Gasteiger partial charge in [-0.05, 0) is 99.6 Å². The zero-order valence-corrected chi connectivity index (χ0v) is 30.4. The summed E-state index contributed by atoms with van der Waals surface area (Å²) in [6.07, 6.45) is 7.31. The lowest BCUT2D eigenvalue weighted by molar-refractivity contribution is 0.661. The standard InChI is InChI=1S/C45H37N5Si/c1-45(2)37-24-29(13-15-34(37)35-16-14-32(27-38(35)45)51(3,4)5)28-9-6-10-30(23-28)41-25-31(33-17-21-46-39-11-7-19-48-43(33)39)26-42(50-41)36-18-22-47-40-12-8-20-49-44(36)40/h6-27H,1-5H3. The zero-order chi connectivity index (χ0) is 34.9. The van der Waals surface area contributed by atoms with Gasteiger partial charge in [0, 0.05) is 46.9 Å². The maximum absolute atomic E-state index is 5.30. The number of fused-ring (bicyclic) bond motifs is 5. The van der Waals surface area contributed by atoms with Crippen LogP contribution in [-0.4, -0.2) is 33.0 Å². The second-order valence-electron chi connectivity index (χ2n) is 15.1. The number of aromatic nitrogens is 5. The van der Waals surface area contributed by atoms with Crippen molar-refractivity contribution in [1.29, 1.82) is 0 Å². The fourth-order valence-corrected chi connectivity index (χ4v) is 8.77. The molecule has 0 unspecified atom stereocenters. The number of pyridine rings is 5. The number of hydrogen-bond donors (Lipinski definition) is 0. The summed E-state index contributed by atoms with van der Waals surface area (Å²) in [5.74, 6) is 0. The molecule has 0 saturated carbocycles. The van der Waals surface area contributed by atoms with Crippen LogP contribution in [0.5, 0.6) is 0 Å². The van der Waals surface area contributed by atoms with Gasteiger partial charge in [0.25, 0.3) is 0 Å². The molecule has 246 valence electrons. The number of hydrogen-bond acceptors (Lipinski definition) is 5. The van der Waals surface area contributed by atoms with Gasteiger partial charge in [-0.15, -0.1) is 0 Å². The lowest BCUT2D eigenvalue weighted by Crippen LogP contribution is -2.38. The first-order valence-corrected chi connectivity index (χ1v) is 21.0. The van der Waals surface area contributed by atoms with Gasteiger partial charge in [0.2, 0.25) is 0 Å². The minimum Gasteiger partial charge on any atom is -0.255 e. The van der Waals surface area contributed by atoms with E-state index in [0.717, 1.165) is 61.3 Å². The van der Waals surface area contributed by atoms with E-state index < -0.39 is 8.07 Å². The van der Waals surface area contributed by atoms with Gasteiger partial charge in [-0.25, -0.2) is 4.98 Å². The predicted octanol–water partition coefficient (Wildman–Crippen LogP) is 10.5. The van der Waals surface area contributed by atoms with Crippen molar-refractivity contribution in [2.45, 2.75) is 38.9 Å². The molecule has 0 N–H and O–H groups in total. The highest BCUT2D eigenvalue weighted by Gasteiger charge is 2.36. The fourth-order valence-electron chi connectivity index (χ4n) is 7.61. The van der Waals surface area contributed by atoms with Crippen molar-refractivity contribution in [2.75, 3.05) is 0 Å². The first-order valence-electron chi connectivity index (χ1n) is 17.5. The lowest BCUT2D eigenvalue weighted by atomic mass is 9.81. The molecule has 0 atom stereocenters. The van der Waals surface area contributed by atoms with Gasteiger partial charge in [-0.2, -0.15) is 0 Å². The number of benzene rings is 3. The Morgan fingerprint density at radius 1 is 0.451 bits per heavy atom. The van der Waals surface area contributed by atoms with Gasteiger partial charge in [-0.3, -0.25) is 19.9 Å². The van der Waals surface area contributed by atoms with E-state index in [1.165, 1.54) is 33.0 Å². The molecule has 5 nitrogen and oxygen atoms in total. The second kappa shape index (κ2) is 11.6. The Kier molecular flexibility index (Phi) is 7.09. The SMILES string of the molecule is CC1(C)c2cc(-c3cccc(-c4cc(-c5ccnc6cccnc56)cc(-c5ccnc6cccnc56)n4)c3)ccc2-c2ccc([Si](C)(C)C)cc21. The van der Waals surface area contributed by atoms with Crippen LogP contribution in [0.1, 0.15) is 25.0 Å². The summed E-state index contributed by atoms with van der Waals surface area (Å²) in [6, 6.07) is 39.1. The largest absolute Gasteiger partial charge is 0.255 e. The van der Waals surface area contributed by atoms with Crippen molar-refractivity contribution < 1.29 is 0 Å². The average Bonchev–Trinajstić information content (AvgIpc) is 3.38. The Balaban J connectivity index is 1.18. The molecule has 0 amide bonds. The van der Waals surface area contributed by atoms with E-state index in [0.29, 0.717) is 0 Å². The highest BCUT2D eigenvalue weighted by Crippen LogP contribution is 2.49. The molecular formula is C45H37N5Si. The highest BCUT2D eigenvalue weighted by atomic mass is 28.3. The third kappa shape index (κ3) is 5.26. The van der Waals surface area contributed by atoms with Crippen molar-refractivity contribution in [1.82, 2.24) is 24.9 Å². The maximum atomic E-state index is 5.30. The summed E-state index contributed by atoms with van der Waals surface area (Å²) >= 11 is 0. The second-order valence-corrected chi connectivity index (χ2v) is 20.1. The van der Waals surface area contributed by atoms with Gasteiger partial charge in [-0.1, -0.05) is 87.2 Å². The van der Waals surface area contributed by atoms with E-state index >= 15 is 0 Å². The van der Waals surface area contributed by atoms with Gasteiger partial charge in [0.1, 0.15) is 0 Å². The van der Waals surface area contributed by atoms with Crippen LogP contribution >= 0.6 is 0 Å². The van der Waals surface area contributed by atoms with E-state index in [1.807, 2.05) is 61.2 Å². The van der Waals surface area contributed by atoms with Crippen LogP contribution in [0, 0.1) is 0 Å². The summed E-state index contributed by atoms with van der Waals surface area (Å²) in [5.41, 5.74) is 16.9. The van der Waals surface area contributed by atoms with E-state index in [9.17, 15) is 0 Å². The van der Waals surface area contributed by atoms with E-state index in [-0.39, 0.29) is 5.41 Å². The molecule has 1 aliphatic rings. The van der Waals surface area contributed by atoms with E-state index in [4.69, 9.17) is 15.0 Å². The molecule has 0 bridgehead atoms. The molecular weight excluding hydrogens is 639 g/mol. The Bertz CT molecular complexity index is 2560. The molecule has 0 saturated heterocycles. The van der Waals surface area contributed by atoms with Crippen molar-refractivity contribution >= 4 is 35.3 Å². The van der Waals surface area contributed by atoms with Gasteiger partial charge in [0.15, 0.2) is 0 Å². The Labute approximate surface area is 299 Å². The summed E-state index contributed by atoms with van der Waals surface area (Å²) in [7, 11) is -1.44. The predicted molar refractivity (Wildman–Crippen MR) is 213 cm³/mol. The van der Waals surface area contributed by atoms with Crippen LogP contribution in [-0.2, 0) is 5.41 Å². The average molecular weight is 676 g/mol. The smallest absolute Gasteiger partial charge is 0.0980 e. The molecule has 8 aromatic rings. The van der Waals surface area contributed by atoms with E-state index in [1.54, 1.807) is 0 Å². The van der Waals surface area contributed by atoms with Crippen molar-refractivity contribution in [3.8, 4) is 55.9 Å². The summed E-state index contributed by atoms with van der Waals surface area (Å²) in [4.78, 5) is 23.9. The quantitative estimate of drug-likeness (QED) is 0.170. The van der Waals surface area contributed by atoms with Crippen molar-refractivity contribution in [3.05, 3.63) is 145 Å². The Morgan fingerprint density at radius 3 is 1.78 bits per heavy atom. The third-order valence-corrected chi connectivity index (χ3v) is 12.5. The molecule has 3 aromatic carbocycles. The van der Waals surface area contributed by atoms with Crippen LogP contribution in [0.4, 0.5) is 0 Å². The summed E-state index contributed by atoms with van der Waals surface area (Å²) in [6.45, 7) is 12.0. The van der Waals surface area contributed by atoms with Crippen LogP contribution in [0.3, 0.4) is 0 Å². The molecule has 5 aromatic heterocycles. The summed E-state index contributed by atoms with van der Waals surface area (Å²) in [5, 5.41) is 1.51. The molecule has 6 heteroatoms. The Morgan fingerprint density at radius 2 is 1.06 bits per heavy atom. The number of rotatable bonds is 5. The molecule has 5 heterocycles.